The Kier molecular flexibility index (Phi) is 16.2. The largest absolute Gasteiger partial charge is 0.478 e. The molecule has 8 atom stereocenters. The summed E-state index contributed by atoms with van der Waals surface area (Å²) in [4.78, 5) is 31.0. The molecular weight excluding hydrogens is 694 g/mol. The number of aliphatic carboxylic acids is 1. The number of hydrogen-bond acceptors (Lipinski definition) is 17. The van der Waals surface area contributed by atoms with E-state index in [-0.39, 0.29) is 55.7 Å². The smallest absolute Gasteiger partial charge is 0.339 e. The number of likely N-dealkylation sites (N-methyl/N-ethyl adjacent to an activating group) is 1. The van der Waals surface area contributed by atoms with Gasteiger partial charge in [-0.15, -0.1) is 6.58 Å². The molecule has 20 heteroatoms. The van der Waals surface area contributed by atoms with Gasteiger partial charge in [0, 0.05) is 38.4 Å². The fourth-order valence-electron chi connectivity index (χ4n) is 5.62. The predicted octanol–water partition coefficient (Wildman–Crippen LogP) is -4.11. The summed E-state index contributed by atoms with van der Waals surface area (Å²) in [6, 6.07) is 0. The monoisotopic (exact) mass is 743 g/mol. The van der Waals surface area contributed by atoms with Gasteiger partial charge in [-0.2, -0.15) is 0 Å². The number of hydrogen-bond donors (Lipinski definition) is 11. The van der Waals surface area contributed by atoms with Crippen LogP contribution in [0, 0.1) is 11.8 Å². The lowest BCUT2D eigenvalue weighted by Crippen LogP contribution is -2.69. The number of ether oxygens (including phenoxy) is 5. The Balaban J connectivity index is 2.08. The number of aliphatic imine (C=N–C) groups is 1. The maximum absolute atomic E-state index is 13.0. The average Bonchev–Trinajstić information content (AvgIpc) is 3.12. The van der Waals surface area contributed by atoms with E-state index in [1.165, 1.54) is 31.5 Å². The van der Waals surface area contributed by atoms with Gasteiger partial charge in [-0.1, -0.05) is 18.2 Å². The molecule has 8 unspecified atom stereocenters. The number of aliphatic hydroxyl groups excluding tert-OH is 5. The van der Waals surface area contributed by atoms with Crippen molar-refractivity contribution >= 4 is 17.9 Å². The molecule has 0 aliphatic carbocycles. The lowest BCUT2D eigenvalue weighted by Gasteiger charge is -2.48. The Labute approximate surface area is 299 Å². The van der Waals surface area contributed by atoms with Gasteiger partial charge in [0.15, 0.2) is 18.4 Å². The second-order valence-electron chi connectivity index (χ2n) is 11.8. The van der Waals surface area contributed by atoms with Gasteiger partial charge in [-0.3, -0.25) is 10.3 Å². The van der Waals surface area contributed by atoms with E-state index < -0.39 is 79.9 Å². The number of allylic oxidation sites excluding steroid dienone is 1. The van der Waals surface area contributed by atoms with Crippen LogP contribution in [0.4, 0.5) is 0 Å². The number of carbonyl (C=O) groups excluding carboxylic acids is 1. The fraction of sp³-hybridized carbons (Fsp3) is 0.594. The Morgan fingerprint density at radius 3 is 2.54 bits per heavy atom. The molecule has 0 amide bonds. The van der Waals surface area contributed by atoms with Crippen molar-refractivity contribution in [3.8, 4) is 0 Å². The molecule has 1 saturated heterocycles. The number of carboxylic acids is 1. The van der Waals surface area contributed by atoms with Crippen LogP contribution in [0.2, 0.25) is 0 Å². The second kappa shape index (κ2) is 19.8. The minimum absolute atomic E-state index is 0.0177. The van der Waals surface area contributed by atoms with Gasteiger partial charge < -0.3 is 80.5 Å². The molecule has 0 saturated carbocycles. The number of β-amino-alcohol motifs (C(OH)–C–C–N with tert-alkyl or cyclic N) is 1. The van der Waals surface area contributed by atoms with Gasteiger partial charge in [-0.25, -0.2) is 9.59 Å². The van der Waals surface area contributed by atoms with Crippen molar-refractivity contribution in [3.63, 3.8) is 0 Å². The molecule has 1 fully saturated rings. The van der Waals surface area contributed by atoms with Crippen LogP contribution in [0.15, 0.2) is 64.7 Å². The Morgan fingerprint density at radius 1 is 1.23 bits per heavy atom. The van der Waals surface area contributed by atoms with Gasteiger partial charge in [0.05, 0.1) is 56.0 Å². The van der Waals surface area contributed by atoms with E-state index in [1.807, 2.05) is 0 Å². The fourth-order valence-corrected chi connectivity index (χ4v) is 5.62. The van der Waals surface area contributed by atoms with Crippen LogP contribution in [0.5, 0.6) is 0 Å². The van der Waals surface area contributed by atoms with Gasteiger partial charge >= 0.3 is 11.9 Å². The van der Waals surface area contributed by atoms with Crippen LogP contribution in [0.1, 0.15) is 6.42 Å². The summed E-state index contributed by atoms with van der Waals surface area (Å²) in [5.41, 5.74) is 6.23. The highest BCUT2D eigenvalue weighted by Gasteiger charge is 2.58. The summed E-state index contributed by atoms with van der Waals surface area (Å²) >= 11 is 0. The molecular formula is C32H49N5O15. The molecule has 0 aromatic heterocycles. The van der Waals surface area contributed by atoms with Gasteiger partial charge in [0.1, 0.15) is 18.4 Å². The predicted molar refractivity (Wildman–Crippen MR) is 179 cm³/mol. The molecule has 3 rings (SSSR count). The van der Waals surface area contributed by atoms with E-state index in [9.17, 15) is 45.3 Å². The maximum atomic E-state index is 13.0. The molecule has 0 aromatic rings. The molecule has 292 valence electrons. The molecule has 0 aromatic carbocycles. The Hall–Kier alpha value is -3.93. The first-order chi connectivity index (χ1) is 24.8. The minimum Gasteiger partial charge on any atom is -0.478 e. The van der Waals surface area contributed by atoms with Gasteiger partial charge in [-0.05, 0) is 19.0 Å². The first-order valence-electron chi connectivity index (χ1n) is 16.3. The molecule has 0 spiro atoms. The van der Waals surface area contributed by atoms with Crippen molar-refractivity contribution in [2.45, 2.75) is 49.3 Å². The van der Waals surface area contributed by atoms with Crippen LogP contribution in [-0.4, -0.2) is 167 Å². The summed E-state index contributed by atoms with van der Waals surface area (Å²) in [5.74, 6) is -7.25. The average molecular weight is 744 g/mol. The number of methoxy groups -OCH3 is 1. The van der Waals surface area contributed by atoms with E-state index >= 15 is 0 Å². The molecule has 3 heterocycles. The highest BCUT2D eigenvalue weighted by Crippen LogP contribution is 2.38. The van der Waals surface area contributed by atoms with Crippen molar-refractivity contribution in [1.82, 2.24) is 15.5 Å². The number of carboxylic acid groups (broad SMARTS) is 1. The zero-order valence-corrected chi connectivity index (χ0v) is 28.8. The SMILES string of the molecule is C=CC1C(OC2OC(CO)C(O)C(O)(O)C2OC(CO)NC)OC=C(C(=O)OC)C1C=CC1=C(NC(N)=NCCCO)C(C(=O)O)=CN(CCO)C1. The van der Waals surface area contributed by atoms with Crippen LogP contribution in [-0.2, 0) is 33.3 Å². The summed E-state index contributed by atoms with van der Waals surface area (Å²) in [6.07, 6.45) is -2.74. The Bertz CT molecular complexity index is 1400. The normalized spacial score (nSPS) is 28.5. The van der Waals surface area contributed by atoms with Gasteiger partial charge in [0.25, 0.3) is 0 Å². The Morgan fingerprint density at radius 2 is 1.96 bits per heavy atom. The molecule has 12 N–H and O–H groups in total. The number of esters is 1. The van der Waals surface area contributed by atoms with Crippen molar-refractivity contribution in [1.29, 1.82) is 0 Å². The number of guanidine groups is 1. The lowest BCUT2D eigenvalue weighted by atomic mass is 9.83. The molecule has 52 heavy (non-hydrogen) atoms. The van der Waals surface area contributed by atoms with Crippen molar-refractivity contribution in [3.05, 3.63) is 59.7 Å². The third-order valence-corrected chi connectivity index (χ3v) is 8.37. The van der Waals surface area contributed by atoms with Crippen LogP contribution in [0.3, 0.4) is 0 Å². The van der Waals surface area contributed by atoms with Crippen molar-refractivity contribution < 1.29 is 74.1 Å². The number of carbonyl (C=O) groups is 2. The standard InChI is InChI=1S/C32H49N5O15/c1-4-18-19(7-6-17-12-37(9-11-39)13-20(27(43)44)24(17)36-31(33)35-8-5-10-38)21(28(45)48-3)16-49-29(18)52-30-26(51-23(15-41)34-2)32(46,47)25(42)22(14-40)50-30/h4,6-7,13,16,18-19,22-23,25-26,29-30,34,38-42,46-47H,1,5,8-12,14-15H2,2-3H3,(H,43,44)(H3,33,35,36). The number of rotatable bonds is 18. The van der Waals surface area contributed by atoms with Crippen molar-refractivity contribution in [2.24, 2.45) is 22.6 Å². The van der Waals surface area contributed by atoms with E-state index in [0.717, 1.165) is 13.4 Å². The third-order valence-electron chi connectivity index (χ3n) is 8.37. The molecule has 3 aliphatic heterocycles. The van der Waals surface area contributed by atoms with Crippen LogP contribution in [0.25, 0.3) is 0 Å². The highest BCUT2D eigenvalue weighted by atomic mass is 16.8. The highest BCUT2D eigenvalue weighted by molar-refractivity contribution is 5.95. The van der Waals surface area contributed by atoms with E-state index in [0.29, 0.717) is 12.0 Å². The first kappa shape index (κ1) is 42.5. The number of nitrogens with one attached hydrogen (secondary N) is 2. The van der Waals surface area contributed by atoms with E-state index in [4.69, 9.17) is 34.5 Å². The number of nitrogens with zero attached hydrogens (tertiary/aromatic N) is 2. The zero-order chi connectivity index (χ0) is 38.6. The second-order valence-corrected chi connectivity index (χ2v) is 11.8. The number of nitrogens with two attached hydrogens (primary N) is 1. The van der Waals surface area contributed by atoms with E-state index in [1.54, 1.807) is 4.90 Å². The molecule has 0 bridgehead atoms. The molecule has 20 nitrogen and oxygen atoms in total. The zero-order valence-electron chi connectivity index (χ0n) is 28.8. The molecule has 3 aliphatic rings. The number of aliphatic hydroxyl groups is 7. The minimum atomic E-state index is -3.07. The van der Waals surface area contributed by atoms with Crippen LogP contribution >= 0.6 is 0 Å². The topological polar surface area (TPSA) is 308 Å². The molecule has 0 radical (unpaired) electrons. The summed E-state index contributed by atoms with van der Waals surface area (Å²) in [7, 11) is 2.56. The maximum Gasteiger partial charge on any atom is 0.339 e. The summed E-state index contributed by atoms with van der Waals surface area (Å²) < 4.78 is 28.0. The van der Waals surface area contributed by atoms with Crippen LogP contribution < -0.4 is 16.4 Å². The summed E-state index contributed by atoms with van der Waals surface area (Å²) in [6.45, 7) is 2.25. The van der Waals surface area contributed by atoms with Gasteiger partial charge in [0.2, 0.25) is 12.1 Å². The lowest BCUT2D eigenvalue weighted by molar-refractivity contribution is -0.416. The first-order valence-corrected chi connectivity index (χ1v) is 16.3. The third kappa shape index (κ3) is 10.1. The van der Waals surface area contributed by atoms with Crippen molar-refractivity contribution in [2.75, 3.05) is 60.2 Å². The van der Waals surface area contributed by atoms with E-state index in [2.05, 4.69) is 22.2 Å². The summed E-state index contributed by atoms with van der Waals surface area (Å²) in [5, 5.41) is 86.0. The quantitative estimate of drug-likeness (QED) is 0.0159.